The molecule has 0 fully saturated rings. The number of halogens is 1. The van der Waals surface area contributed by atoms with Crippen LogP contribution in [0.25, 0.3) is 11.0 Å². The lowest BCUT2D eigenvalue weighted by atomic mass is 9.98. The third-order valence-electron chi connectivity index (χ3n) is 4.99. The largest absolute Gasteiger partial charge is 0.497 e. The molecule has 2 aromatic carbocycles. The van der Waals surface area contributed by atoms with Crippen molar-refractivity contribution in [2.75, 3.05) is 12.0 Å². The van der Waals surface area contributed by atoms with Gasteiger partial charge in [0, 0.05) is 5.02 Å². The molecule has 1 amide bonds. The number of aromatic nitrogens is 2. The standard InChI is InChI=1S/C21H14ClN3O4S/c1-10-23-24-21(30-10)25-17(11-3-6-13(28-2)7-4-11)16-18(26)14-9-12(22)5-8-15(14)29-19(16)20(25)27/h3-9,17H,1-2H3/t17-/m0/s1. The smallest absolute Gasteiger partial charge is 0.297 e. The summed E-state index contributed by atoms with van der Waals surface area (Å²) < 4.78 is 11.1. The summed E-state index contributed by atoms with van der Waals surface area (Å²) in [6.07, 6.45) is 0. The zero-order valence-electron chi connectivity index (χ0n) is 15.9. The van der Waals surface area contributed by atoms with Gasteiger partial charge in [-0.15, -0.1) is 10.2 Å². The van der Waals surface area contributed by atoms with E-state index in [9.17, 15) is 9.59 Å². The van der Waals surface area contributed by atoms with Crippen molar-refractivity contribution in [1.29, 1.82) is 0 Å². The van der Waals surface area contributed by atoms with Gasteiger partial charge < -0.3 is 9.15 Å². The number of carbonyl (C=O) groups excluding carboxylic acids is 1. The Morgan fingerprint density at radius 2 is 1.90 bits per heavy atom. The fourth-order valence-corrected chi connectivity index (χ4v) is 4.51. The van der Waals surface area contributed by atoms with E-state index in [4.69, 9.17) is 20.8 Å². The zero-order chi connectivity index (χ0) is 21.0. The van der Waals surface area contributed by atoms with E-state index in [0.29, 0.717) is 31.9 Å². The Balaban J connectivity index is 1.80. The van der Waals surface area contributed by atoms with Crippen LogP contribution in [0, 0.1) is 6.92 Å². The van der Waals surface area contributed by atoms with Gasteiger partial charge in [-0.3, -0.25) is 14.5 Å². The fourth-order valence-electron chi connectivity index (χ4n) is 3.63. The van der Waals surface area contributed by atoms with Gasteiger partial charge in [-0.05, 0) is 42.8 Å². The second-order valence-electron chi connectivity index (χ2n) is 6.77. The first-order valence-electron chi connectivity index (χ1n) is 9.02. The van der Waals surface area contributed by atoms with Crippen LogP contribution in [-0.2, 0) is 0 Å². The van der Waals surface area contributed by atoms with E-state index in [1.807, 2.05) is 12.1 Å². The highest BCUT2D eigenvalue weighted by atomic mass is 35.5. The Labute approximate surface area is 179 Å². The zero-order valence-corrected chi connectivity index (χ0v) is 17.5. The van der Waals surface area contributed by atoms with Gasteiger partial charge in [-0.2, -0.15) is 0 Å². The Morgan fingerprint density at radius 3 is 2.57 bits per heavy atom. The molecule has 3 heterocycles. The summed E-state index contributed by atoms with van der Waals surface area (Å²) in [5.41, 5.74) is 0.990. The molecular weight excluding hydrogens is 426 g/mol. The molecule has 0 unspecified atom stereocenters. The van der Waals surface area contributed by atoms with E-state index in [2.05, 4.69) is 10.2 Å². The van der Waals surface area contributed by atoms with Crippen molar-refractivity contribution in [3.63, 3.8) is 0 Å². The van der Waals surface area contributed by atoms with Crippen LogP contribution in [0.3, 0.4) is 0 Å². The average Bonchev–Trinajstić information content (AvgIpc) is 3.30. The molecule has 5 rings (SSSR count). The summed E-state index contributed by atoms with van der Waals surface area (Å²) in [5, 5.41) is 10.0. The molecule has 0 saturated heterocycles. The second kappa shape index (κ2) is 6.93. The van der Waals surface area contributed by atoms with E-state index in [0.717, 1.165) is 5.56 Å². The molecule has 9 heteroatoms. The van der Waals surface area contributed by atoms with Crippen LogP contribution in [0.5, 0.6) is 5.75 Å². The summed E-state index contributed by atoms with van der Waals surface area (Å²) in [6, 6.07) is 11.2. The number of anilines is 1. The highest BCUT2D eigenvalue weighted by molar-refractivity contribution is 7.15. The van der Waals surface area contributed by atoms with Gasteiger partial charge >= 0.3 is 0 Å². The summed E-state index contributed by atoms with van der Waals surface area (Å²) in [4.78, 5) is 28.3. The van der Waals surface area contributed by atoms with Crippen molar-refractivity contribution in [2.24, 2.45) is 0 Å². The van der Waals surface area contributed by atoms with Crippen LogP contribution in [0.1, 0.15) is 32.7 Å². The molecule has 2 aromatic heterocycles. The van der Waals surface area contributed by atoms with Gasteiger partial charge in [-0.1, -0.05) is 35.1 Å². The Kier molecular flexibility index (Phi) is 4.34. The number of rotatable bonds is 3. The van der Waals surface area contributed by atoms with E-state index < -0.39 is 11.9 Å². The van der Waals surface area contributed by atoms with E-state index >= 15 is 0 Å². The predicted octanol–water partition coefficient (Wildman–Crippen LogP) is 4.36. The number of nitrogens with zero attached hydrogens (tertiary/aromatic N) is 3. The topological polar surface area (TPSA) is 85.5 Å². The molecule has 0 aliphatic carbocycles. The molecule has 150 valence electrons. The van der Waals surface area contributed by atoms with Crippen molar-refractivity contribution in [2.45, 2.75) is 13.0 Å². The number of benzene rings is 2. The molecule has 30 heavy (non-hydrogen) atoms. The number of hydrogen-bond donors (Lipinski definition) is 0. The van der Waals surface area contributed by atoms with Gasteiger partial charge in [0.15, 0.2) is 5.43 Å². The number of fused-ring (bicyclic) bond motifs is 2. The van der Waals surface area contributed by atoms with Gasteiger partial charge in [-0.25, -0.2) is 0 Å². The third-order valence-corrected chi connectivity index (χ3v) is 6.06. The molecule has 1 aliphatic heterocycles. The van der Waals surface area contributed by atoms with Crippen molar-refractivity contribution in [1.82, 2.24) is 10.2 Å². The summed E-state index contributed by atoms with van der Waals surface area (Å²) in [6.45, 7) is 1.80. The maximum atomic E-state index is 13.5. The third kappa shape index (κ3) is 2.79. The lowest BCUT2D eigenvalue weighted by Gasteiger charge is -2.22. The van der Waals surface area contributed by atoms with Gasteiger partial charge in [0.25, 0.3) is 5.91 Å². The van der Waals surface area contributed by atoms with Crippen LogP contribution in [-0.4, -0.2) is 23.2 Å². The minimum Gasteiger partial charge on any atom is -0.497 e. The number of aryl methyl sites for hydroxylation is 1. The van der Waals surface area contributed by atoms with Crippen molar-refractivity contribution >= 4 is 44.9 Å². The molecule has 4 aromatic rings. The molecule has 0 spiro atoms. The van der Waals surface area contributed by atoms with Crippen molar-refractivity contribution in [3.8, 4) is 5.75 Å². The first-order valence-corrected chi connectivity index (χ1v) is 10.2. The molecule has 1 atom stereocenters. The summed E-state index contributed by atoms with van der Waals surface area (Å²) in [7, 11) is 1.57. The minimum atomic E-state index is -0.703. The normalized spacial score (nSPS) is 15.6. The highest BCUT2D eigenvalue weighted by Crippen LogP contribution is 2.42. The molecule has 0 bridgehead atoms. The van der Waals surface area contributed by atoms with Crippen LogP contribution in [0.15, 0.2) is 51.7 Å². The number of hydrogen-bond acceptors (Lipinski definition) is 7. The van der Waals surface area contributed by atoms with Crippen molar-refractivity contribution in [3.05, 3.63) is 79.6 Å². The quantitative estimate of drug-likeness (QED) is 0.471. The molecule has 0 N–H and O–H groups in total. The van der Waals surface area contributed by atoms with Crippen molar-refractivity contribution < 1.29 is 13.9 Å². The van der Waals surface area contributed by atoms with Gasteiger partial charge in [0.1, 0.15) is 16.3 Å². The van der Waals surface area contributed by atoms with Crippen LogP contribution < -0.4 is 15.1 Å². The van der Waals surface area contributed by atoms with Crippen LogP contribution in [0.2, 0.25) is 5.02 Å². The Bertz CT molecular complexity index is 1360. The van der Waals surface area contributed by atoms with E-state index in [1.54, 1.807) is 44.4 Å². The number of ether oxygens (including phenoxy) is 1. The van der Waals surface area contributed by atoms with Gasteiger partial charge in [0.05, 0.1) is 24.1 Å². The van der Waals surface area contributed by atoms with E-state index in [-0.39, 0.29) is 16.8 Å². The van der Waals surface area contributed by atoms with Crippen LogP contribution >= 0.6 is 22.9 Å². The highest BCUT2D eigenvalue weighted by Gasteiger charge is 2.45. The Hall–Kier alpha value is -3.23. The molecule has 0 radical (unpaired) electrons. The first kappa shape index (κ1) is 18.8. The molecular formula is C21H14ClN3O4S. The second-order valence-corrected chi connectivity index (χ2v) is 8.37. The number of methoxy groups -OCH3 is 1. The SMILES string of the molecule is COc1ccc([C@H]2c3c(oc4ccc(Cl)cc4c3=O)C(=O)N2c2nnc(C)s2)cc1. The minimum absolute atomic E-state index is 0.00323. The maximum absolute atomic E-state index is 13.5. The first-order chi connectivity index (χ1) is 14.5. The van der Waals surface area contributed by atoms with E-state index in [1.165, 1.54) is 16.2 Å². The average molecular weight is 440 g/mol. The predicted molar refractivity (Wildman–Crippen MR) is 114 cm³/mol. The maximum Gasteiger partial charge on any atom is 0.297 e. The summed E-state index contributed by atoms with van der Waals surface area (Å²) >= 11 is 7.37. The Morgan fingerprint density at radius 1 is 1.13 bits per heavy atom. The van der Waals surface area contributed by atoms with Gasteiger partial charge in [0.2, 0.25) is 10.9 Å². The fraction of sp³-hybridized carbons (Fsp3) is 0.143. The monoisotopic (exact) mass is 439 g/mol. The lowest BCUT2D eigenvalue weighted by molar-refractivity contribution is 0.0970. The molecule has 0 saturated carbocycles. The molecule has 7 nitrogen and oxygen atoms in total. The lowest BCUT2D eigenvalue weighted by Crippen LogP contribution is -2.29. The number of carbonyl (C=O) groups is 1. The molecule has 1 aliphatic rings. The number of amides is 1. The van der Waals surface area contributed by atoms with Crippen LogP contribution in [0.4, 0.5) is 5.13 Å². The summed E-state index contributed by atoms with van der Waals surface area (Å²) in [5.74, 6) is 0.235.